The number of carbonyl (C=O) groups is 1. The molecule has 0 aliphatic heterocycles. The number of carboxylic acids is 1. The van der Waals surface area contributed by atoms with Crippen LogP contribution in [0.2, 0.25) is 0 Å². The highest BCUT2D eigenvalue weighted by molar-refractivity contribution is 7.89. The first-order valence-electron chi connectivity index (χ1n) is 5.60. The van der Waals surface area contributed by atoms with Gasteiger partial charge in [0.25, 0.3) is 10.0 Å². The number of carboxylic acid groups (broad SMARTS) is 1. The zero-order valence-electron chi connectivity index (χ0n) is 10.4. The smallest absolute Gasteiger partial charge is 0.340 e. The third-order valence-electron chi connectivity index (χ3n) is 2.64. The number of aromatic amines is 1. The van der Waals surface area contributed by atoms with Gasteiger partial charge in [0, 0.05) is 18.4 Å². The number of H-pyrrole nitrogens is 1. The van der Waals surface area contributed by atoms with Crippen molar-refractivity contribution >= 4 is 16.0 Å². The zero-order chi connectivity index (χ0) is 14.8. The maximum atomic E-state index is 12.1. The number of rotatable bonds is 5. The molecule has 2 heterocycles. The summed E-state index contributed by atoms with van der Waals surface area (Å²) in [5, 5.41) is 14.1. The second-order valence-corrected chi connectivity index (χ2v) is 5.69. The molecule has 0 aromatic carbocycles. The molecule has 20 heavy (non-hydrogen) atoms. The molecular weight excluding hydrogens is 284 g/mol. The molecule has 8 nitrogen and oxygen atoms in total. The van der Waals surface area contributed by atoms with Crippen molar-refractivity contribution in [3.63, 3.8) is 0 Å². The summed E-state index contributed by atoms with van der Waals surface area (Å²) in [4.78, 5) is 14.8. The van der Waals surface area contributed by atoms with Gasteiger partial charge in [-0.25, -0.2) is 17.9 Å². The number of nitrogens with zero attached hydrogens (tertiary/aromatic N) is 2. The van der Waals surface area contributed by atoms with Crippen molar-refractivity contribution in [1.29, 1.82) is 0 Å². The van der Waals surface area contributed by atoms with Crippen LogP contribution < -0.4 is 4.72 Å². The second kappa shape index (κ2) is 5.39. The van der Waals surface area contributed by atoms with E-state index < -0.39 is 32.6 Å². The maximum Gasteiger partial charge on any atom is 0.340 e. The summed E-state index contributed by atoms with van der Waals surface area (Å²) >= 11 is 0. The first-order chi connectivity index (χ1) is 9.42. The summed E-state index contributed by atoms with van der Waals surface area (Å²) in [7, 11) is -4.01. The highest BCUT2D eigenvalue weighted by Gasteiger charge is 2.26. The molecule has 0 spiro atoms. The molecule has 0 bridgehead atoms. The fourth-order valence-electron chi connectivity index (χ4n) is 1.64. The van der Waals surface area contributed by atoms with E-state index in [-0.39, 0.29) is 0 Å². The normalized spacial score (nSPS) is 13.1. The molecule has 0 saturated heterocycles. The SMILES string of the molecule is C[C@H](NS(=O)(=O)c1[nH]ncc1C(=O)O)c1ccncc1. The van der Waals surface area contributed by atoms with Crippen molar-refractivity contribution in [3.8, 4) is 0 Å². The van der Waals surface area contributed by atoms with Gasteiger partial charge in [-0.3, -0.25) is 10.1 Å². The molecule has 0 unspecified atom stereocenters. The summed E-state index contributed by atoms with van der Waals surface area (Å²) in [6, 6.07) is 2.80. The summed E-state index contributed by atoms with van der Waals surface area (Å²) in [6.07, 6.45) is 4.03. The minimum Gasteiger partial charge on any atom is -0.478 e. The number of hydrogen-bond acceptors (Lipinski definition) is 5. The van der Waals surface area contributed by atoms with Crippen LogP contribution in [0.5, 0.6) is 0 Å². The lowest BCUT2D eigenvalue weighted by atomic mass is 10.1. The van der Waals surface area contributed by atoms with Crippen molar-refractivity contribution in [1.82, 2.24) is 19.9 Å². The molecule has 0 aliphatic carbocycles. The van der Waals surface area contributed by atoms with Crippen molar-refractivity contribution < 1.29 is 18.3 Å². The predicted molar refractivity (Wildman–Crippen MR) is 68.5 cm³/mol. The van der Waals surface area contributed by atoms with Crippen LogP contribution in [0, 0.1) is 0 Å². The molecular formula is C11H12N4O4S. The van der Waals surface area contributed by atoms with Gasteiger partial charge in [-0.2, -0.15) is 5.10 Å². The zero-order valence-corrected chi connectivity index (χ0v) is 11.3. The minimum atomic E-state index is -4.01. The molecule has 9 heteroatoms. The van der Waals surface area contributed by atoms with Crippen LogP contribution in [0.15, 0.2) is 35.7 Å². The Bertz CT molecular complexity index is 711. The standard InChI is InChI=1S/C11H12N4O4S/c1-7(8-2-4-12-5-3-8)15-20(18,19)10-9(11(16)17)6-13-14-10/h2-7,15H,1H3,(H,13,14)(H,16,17)/t7-/m0/s1. The van der Waals surface area contributed by atoms with E-state index in [2.05, 4.69) is 19.9 Å². The molecule has 3 N–H and O–H groups in total. The number of aromatic nitrogens is 3. The number of hydrogen-bond donors (Lipinski definition) is 3. The Kier molecular flexibility index (Phi) is 3.81. The van der Waals surface area contributed by atoms with Gasteiger partial charge >= 0.3 is 5.97 Å². The van der Waals surface area contributed by atoms with E-state index in [4.69, 9.17) is 5.11 Å². The van der Waals surface area contributed by atoms with Crippen LogP contribution in [-0.4, -0.2) is 34.7 Å². The average molecular weight is 296 g/mol. The van der Waals surface area contributed by atoms with Gasteiger partial charge in [-0.1, -0.05) is 0 Å². The third kappa shape index (κ3) is 2.83. The lowest BCUT2D eigenvalue weighted by Crippen LogP contribution is -2.28. The van der Waals surface area contributed by atoms with Gasteiger partial charge in [0.1, 0.15) is 5.56 Å². The average Bonchev–Trinajstić information content (AvgIpc) is 2.89. The van der Waals surface area contributed by atoms with E-state index in [1.807, 2.05) is 0 Å². The fourth-order valence-corrected chi connectivity index (χ4v) is 2.97. The van der Waals surface area contributed by atoms with Gasteiger partial charge in [-0.15, -0.1) is 0 Å². The number of nitrogens with one attached hydrogen (secondary N) is 2. The summed E-state index contributed by atoms with van der Waals surface area (Å²) in [6.45, 7) is 1.64. The molecule has 2 aromatic rings. The van der Waals surface area contributed by atoms with Crippen LogP contribution in [0.3, 0.4) is 0 Å². The van der Waals surface area contributed by atoms with E-state index in [9.17, 15) is 13.2 Å². The Morgan fingerprint density at radius 2 is 2.05 bits per heavy atom. The maximum absolute atomic E-state index is 12.1. The first-order valence-corrected chi connectivity index (χ1v) is 7.09. The third-order valence-corrected chi connectivity index (χ3v) is 4.15. The Morgan fingerprint density at radius 3 is 2.65 bits per heavy atom. The monoisotopic (exact) mass is 296 g/mol. The molecule has 0 radical (unpaired) electrons. The fraction of sp³-hybridized carbons (Fsp3) is 0.182. The Labute approximate surface area is 114 Å². The topological polar surface area (TPSA) is 125 Å². The van der Waals surface area contributed by atoms with Crippen LogP contribution >= 0.6 is 0 Å². The predicted octanol–water partition coefficient (Wildman–Crippen LogP) is 0.542. The van der Waals surface area contributed by atoms with Gasteiger partial charge < -0.3 is 5.11 Å². The quantitative estimate of drug-likeness (QED) is 0.739. The van der Waals surface area contributed by atoms with Gasteiger partial charge in [0.05, 0.1) is 6.20 Å². The van der Waals surface area contributed by atoms with Crippen LogP contribution in [0.25, 0.3) is 0 Å². The van der Waals surface area contributed by atoms with Crippen LogP contribution in [0.4, 0.5) is 0 Å². The summed E-state index contributed by atoms with van der Waals surface area (Å²) < 4.78 is 26.7. The molecule has 1 atom stereocenters. The van der Waals surface area contributed by atoms with Gasteiger partial charge in [-0.05, 0) is 24.6 Å². The molecule has 0 amide bonds. The lowest BCUT2D eigenvalue weighted by molar-refractivity contribution is 0.0692. The number of sulfonamides is 1. The highest BCUT2D eigenvalue weighted by Crippen LogP contribution is 2.17. The van der Waals surface area contributed by atoms with E-state index in [0.29, 0.717) is 5.56 Å². The first kappa shape index (κ1) is 14.2. The Hall–Kier alpha value is -2.26. The van der Waals surface area contributed by atoms with Gasteiger partial charge in [0.2, 0.25) is 0 Å². The minimum absolute atomic E-state index is 0.403. The molecule has 106 valence electrons. The Balaban J connectivity index is 2.28. The molecule has 2 aromatic heterocycles. The van der Waals surface area contributed by atoms with Crippen molar-refractivity contribution in [3.05, 3.63) is 41.9 Å². The van der Waals surface area contributed by atoms with Crippen molar-refractivity contribution in [2.75, 3.05) is 0 Å². The van der Waals surface area contributed by atoms with Crippen molar-refractivity contribution in [2.45, 2.75) is 18.0 Å². The second-order valence-electron chi connectivity index (χ2n) is 4.04. The molecule has 2 rings (SSSR count). The van der Waals surface area contributed by atoms with E-state index in [0.717, 1.165) is 6.20 Å². The van der Waals surface area contributed by atoms with E-state index >= 15 is 0 Å². The van der Waals surface area contributed by atoms with Crippen LogP contribution in [0.1, 0.15) is 28.9 Å². The molecule has 0 fully saturated rings. The van der Waals surface area contributed by atoms with Crippen molar-refractivity contribution in [2.24, 2.45) is 0 Å². The number of aromatic carboxylic acids is 1. The lowest BCUT2D eigenvalue weighted by Gasteiger charge is -2.13. The largest absolute Gasteiger partial charge is 0.478 e. The molecule has 0 aliphatic rings. The summed E-state index contributed by atoms with van der Waals surface area (Å²) in [5.41, 5.74) is 0.305. The Morgan fingerprint density at radius 1 is 1.40 bits per heavy atom. The van der Waals surface area contributed by atoms with Crippen LogP contribution in [-0.2, 0) is 10.0 Å². The molecule has 0 saturated carbocycles. The van der Waals surface area contributed by atoms with Gasteiger partial charge in [0.15, 0.2) is 5.03 Å². The summed E-state index contributed by atoms with van der Waals surface area (Å²) in [5.74, 6) is -1.37. The number of pyridine rings is 1. The highest BCUT2D eigenvalue weighted by atomic mass is 32.2. The van der Waals surface area contributed by atoms with E-state index in [1.165, 1.54) is 0 Å². The van der Waals surface area contributed by atoms with E-state index in [1.54, 1.807) is 31.5 Å².